The summed E-state index contributed by atoms with van der Waals surface area (Å²) in [6, 6.07) is 5.52. The Morgan fingerprint density at radius 1 is 1.44 bits per heavy atom. The topological polar surface area (TPSA) is 29.5 Å². The van der Waals surface area contributed by atoms with Gasteiger partial charge in [0.15, 0.2) is 0 Å². The third-order valence-corrected chi connectivity index (χ3v) is 4.13. The van der Waals surface area contributed by atoms with Crippen molar-refractivity contribution in [3.63, 3.8) is 0 Å². The van der Waals surface area contributed by atoms with Crippen LogP contribution in [0.4, 0.5) is 0 Å². The summed E-state index contributed by atoms with van der Waals surface area (Å²) >= 11 is 7.55. The number of aliphatic hydroxyl groups excluding tert-OH is 1. The van der Waals surface area contributed by atoms with E-state index in [1.807, 2.05) is 12.1 Å². The summed E-state index contributed by atoms with van der Waals surface area (Å²) < 4.78 is 5.26. The molecule has 0 aliphatic rings. The van der Waals surface area contributed by atoms with E-state index in [9.17, 15) is 5.11 Å². The molecular formula is C12H17ClO2S. The molecule has 0 fully saturated rings. The van der Waals surface area contributed by atoms with Crippen LogP contribution in [0.15, 0.2) is 23.1 Å². The lowest BCUT2D eigenvalue weighted by Gasteiger charge is -2.19. The molecule has 0 heterocycles. The van der Waals surface area contributed by atoms with Gasteiger partial charge in [-0.1, -0.05) is 25.4 Å². The van der Waals surface area contributed by atoms with E-state index in [2.05, 4.69) is 13.8 Å². The van der Waals surface area contributed by atoms with Gasteiger partial charge in [-0.25, -0.2) is 0 Å². The Labute approximate surface area is 106 Å². The molecule has 4 heteroatoms. The van der Waals surface area contributed by atoms with Crippen molar-refractivity contribution >= 4 is 23.4 Å². The first-order chi connectivity index (χ1) is 7.58. The number of benzene rings is 1. The van der Waals surface area contributed by atoms with E-state index < -0.39 is 0 Å². The average Bonchev–Trinajstić information content (AvgIpc) is 2.25. The fourth-order valence-corrected chi connectivity index (χ4v) is 2.66. The fraction of sp³-hybridized carbons (Fsp3) is 0.500. The molecular weight excluding hydrogens is 244 g/mol. The first kappa shape index (κ1) is 13.7. The van der Waals surface area contributed by atoms with E-state index in [0.29, 0.717) is 10.9 Å². The molecule has 0 radical (unpaired) electrons. The van der Waals surface area contributed by atoms with Gasteiger partial charge in [0.05, 0.1) is 18.6 Å². The third kappa shape index (κ3) is 3.58. The number of halogens is 1. The highest BCUT2D eigenvalue weighted by Crippen LogP contribution is 2.36. The molecule has 16 heavy (non-hydrogen) atoms. The van der Waals surface area contributed by atoms with Crippen LogP contribution in [0.2, 0.25) is 5.02 Å². The van der Waals surface area contributed by atoms with Gasteiger partial charge >= 0.3 is 0 Å². The highest BCUT2D eigenvalue weighted by atomic mass is 35.5. The normalized spacial score (nSPS) is 12.9. The predicted molar refractivity (Wildman–Crippen MR) is 69.6 cm³/mol. The summed E-state index contributed by atoms with van der Waals surface area (Å²) in [6.07, 6.45) is 0. The number of ether oxygens (including phenoxy) is 1. The molecule has 0 bridgehead atoms. The monoisotopic (exact) mass is 260 g/mol. The lowest BCUT2D eigenvalue weighted by atomic mass is 10.1. The van der Waals surface area contributed by atoms with Crippen molar-refractivity contribution in [2.75, 3.05) is 13.7 Å². The zero-order chi connectivity index (χ0) is 12.1. The van der Waals surface area contributed by atoms with Gasteiger partial charge in [0.1, 0.15) is 5.75 Å². The molecule has 1 N–H and O–H groups in total. The Balaban J connectivity index is 2.89. The van der Waals surface area contributed by atoms with E-state index in [1.54, 1.807) is 24.9 Å². The molecule has 0 aliphatic carbocycles. The van der Waals surface area contributed by atoms with Crippen LogP contribution < -0.4 is 4.74 Å². The fourth-order valence-electron chi connectivity index (χ4n) is 1.29. The number of hydrogen-bond donors (Lipinski definition) is 1. The number of methoxy groups -OCH3 is 1. The lowest BCUT2D eigenvalue weighted by molar-refractivity contribution is 0.275. The SMILES string of the molecule is COc1ccc(Cl)cc1SC(CO)C(C)C. The number of thioether (sulfide) groups is 1. The van der Waals surface area contributed by atoms with Crippen LogP contribution in [0.3, 0.4) is 0 Å². The Morgan fingerprint density at radius 2 is 2.12 bits per heavy atom. The van der Waals surface area contributed by atoms with Crippen molar-refractivity contribution < 1.29 is 9.84 Å². The van der Waals surface area contributed by atoms with Crippen molar-refractivity contribution in [2.45, 2.75) is 24.0 Å². The molecule has 0 aliphatic heterocycles. The standard InChI is InChI=1S/C12H17ClO2S/c1-8(2)12(7-14)16-11-6-9(13)4-5-10(11)15-3/h4-6,8,12,14H,7H2,1-3H3. The Bertz CT molecular complexity index is 342. The highest BCUT2D eigenvalue weighted by Gasteiger charge is 2.16. The Hall–Kier alpha value is -0.380. The van der Waals surface area contributed by atoms with Crippen LogP contribution in [0.5, 0.6) is 5.75 Å². The number of rotatable bonds is 5. The quantitative estimate of drug-likeness (QED) is 0.823. The summed E-state index contributed by atoms with van der Waals surface area (Å²) in [5.41, 5.74) is 0. The van der Waals surface area contributed by atoms with Crippen molar-refractivity contribution in [3.8, 4) is 5.75 Å². The largest absolute Gasteiger partial charge is 0.496 e. The summed E-state index contributed by atoms with van der Waals surface area (Å²) in [5, 5.41) is 10.1. The van der Waals surface area contributed by atoms with Crippen LogP contribution in [0.1, 0.15) is 13.8 Å². The maximum atomic E-state index is 9.30. The second-order valence-electron chi connectivity index (χ2n) is 3.88. The maximum Gasteiger partial charge on any atom is 0.132 e. The van der Waals surface area contributed by atoms with Crippen LogP contribution in [0, 0.1) is 5.92 Å². The second-order valence-corrected chi connectivity index (χ2v) is 5.60. The molecule has 0 spiro atoms. The Morgan fingerprint density at radius 3 is 2.62 bits per heavy atom. The summed E-state index contributed by atoms with van der Waals surface area (Å²) in [4.78, 5) is 0.975. The minimum Gasteiger partial charge on any atom is -0.496 e. The van der Waals surface area contributed by atoms with Gasteiger partial charge in [0, 0.05) is 10.3 Å². The minimum atomic E-state index is 0.151. The summed E-state index contributed by atoms with van der Waals surface area (Å²) in [5.74, 6) is 1.20. The number of aliphatic hydroxyl groups is 1. The molecule has 1 unspecified atom stereocenters. The van der Waals surface area contributed by atoms with Gasteiger partial charge in [0.25, 0.3) is 0 Å². The zero-order valence-corrected chi connectivity index (χ0v) is 11.3. The van der Waals surface area contributed by atoms with Crippen molar-refractivity contribution in [1.82, 2.24) is 0 Å². The van der Waals surface area contributed by atoms with E-state index in [4.69, 9.17) is 16.3 Å². The lowest BCUT2D eigenvalue weighted by Crippen LogP contribution is -2.15. The van der Waals surface area contributed by atoms with Crippen molar-refractivity contribution in [3.05, 3.63) is 23.2 Å². The van der Waals surface area contributed by atoms with Gasteiger partial charge in [-0.3, -0.25) is 0 Å². The molecule has 1 aromatic carbocycles. The van der Waals surface area contributed by atoms with Crippen LogP contribution in [-0.4, -0.2) is 24.1 Å². The molecule has 0 saturated heterocycles. The smallest absolute Gasteiger partial charge is 0.132 e. The van der Waals surface area contributed by atoms with Gasteiger partial charge in [-0.2, -0.15) is 0 Å². The molecule has 0 amide bonds. The third-order valence-electron chi connectivity index (χ3n) is 2.33. The summed E-state index contributed by atoms with van der Waals surface area (Å²) in [7, 11) is 1.64. The summed E-state index contributed by atoms with van der Waals surface area (Å²) in [6.45, 7) is 4.33. The zero-order valence-electron chi connectivity index (χ0n) is 9.74. The second kappa shape index (κ2) is 6.38. The van der Waals surface area contributed by atoms with E-state index >= 15 is 0 Å². The minimum absolute atomic E-state index is 0.151. The van der Waals surface area contributed by atoms with Crippen LogP contribution >= 0.6 is 23.4 Å². The van der Waals surface area contributed by atoms with Gasteiger partial charge in [-0.05, 0) is 24.1 Å². The van der Waals surface area contributed by atoms with Crippen LogP contribution in [0.25, 0.3) is 0 Å². The molecule has 1 rings (SSSR count). The average molecular weight is 261 g/mol. The van der Waals surface area contributed by atoms with Crippen molar-refractivity contribution in [2.24, 2.45) is 5.92 Å². The first-order valence-electron chi connectivity index (χ1n) is 5.19. The molecule has 1 atom stereocenters. The molecule has 1 aromatic rings. The van der Waals surface area contributed by atoms with Gasteiger partial charge < -0.3 is 9.84 Å². The predicted octanol–water partition coefficient (Wildman–Crippen LogP) is 3.46. The van der Waals surface area contributed by atoms with Gasteiger partial charge in [-0.15, -0.1) is 11.8 Å². The first-order valence-corrected chi connectivity index (χ1v) is 6.45. The Kier molecular flexibility index (Phi) is 5.46. The molecule has 90 valence electrons. The van der Waals surface area contributed by atoms with E-state index in [0.717, 1.165) is 10.6 Å². The molecule has 0 saturated carbocycles. The van der Waals surface area contributed by atoms with Crippen LogP contribution in [-0.2, 0) is 0 Å². The molecule has 2 nitrogen and oxygen atoms in total. The molecule has 0 aromatic heterocycles. The van der Waals surface area contributed by atoms with Crippen molar-refractivity contribution in [1.29, 1.82) is 0 Å². The number of hydrogen-bond acceptors (Lipinski definition) is 3. The van der Waals surface area contributed by atoms with E-state index in [1.165, 1.54) is 0 Å². The maximum absolute atomic E-state index is 9.30. The van der Waals surface area contributed by atoms with E-state index in [-0.39, 0.29) is 11.9 Å². The van der Waals surface area contributed by atoms with Gasteiger partial charge in [0.2, 0.25) is 0 Å². The highest BCUT2D eigenvalue weighted by molar-refractivity contribution is 8.00.